The third kappa shape index (κ3) is 4.02. The molecule has 32 heavy (non-hydrogen) atoms. The maximum absolute atomic E-state index is 12.6. The summed E-state index contributed by atoms with van der Waals surface area (Å²) in [5, 5.41) is 0.189. The number of ether oxygens (including phenoxy) is 3. The number of likely N-dealkylation sites (tertiary alicyclic amines) is 1. The highest BCUT2D eigenvalue weighted by molar-refractivity contribution is 6.74. The molecule has 2 bridgehead atoms. The molecule has 182 valence electrons. The van der Waals surface area contributed by atoms with E-state index in [0.29, 0.717) is 38.8 Å². The zero-order valence-corrected chi connectivity index (χ0v) is 22.0. The summed E-state index contributed by atoms with van der Waals surface area (Å²) < 4.78 is 24.4. The van der Waals surface area contributed by atoms with Crippen molar-refractivity contribution in [2.75, 3.05) is 39.5 Å². The Morgan fingerprint density at radius 3 is 2.56 bits per heavy atom. The van der Waals surface area contributed by atoms with Crippen LogP contribution in [0.4, 0.5) is 0 Å². The highest BCUT2D eigenvalue weighted by Crippen LogP contribution is 2.66. The van der Waals surface area contributed by atoms with E-state index in [1.807, 2.05) is 6.92 Å². The Balaban J connectivity index is 1.54. The molecule has 0 amide bonds. The number of rotatable bonds is 7. The van der Waals surface area contributed by atoms with Gasteiger partial charge in [-0.1, -0.05) is 32.9 Å². The van der Waals surface area contributed by atoms with Crippen molar-refractivity contribution in [3.63, 3.8) is 0 Å². The fourth-order valence-electron chi connectivity index (χ4n) is 6.54. The van der Waals surface area contributed by atoms with Crippen molar-refractivity contribution in [3.05, 3.63) is 12.2 Å². The van der Waals surface area contributed by atoms with Crippen molar-refractivity contribution in [3.8, 4) is 0 Å². The molecular weight excluding hydrogens is 422 g/mol. The lowest BCUT2D eigenvalue weighted by molar-refractivity contribution is -0.218. The van der Waals surface area contributed by atoms with Crippen molar-refractivity contribution in [2.24, 2.45) is 17.3 Å². The van der Waals surface area contributed by atoms with E-state index >= 15 is 0 Å². The fourth-order valence-corrected chi connectivity index (χ4v) is 7.57. The summed E-state index contributed by atoms with van der Waals surface area (Å²) in [5.74, 6) is 0.0764. The van der Waals surface area contributed by atoms with Gasteiger partial charge in [0.2, 0.25) is 0 Å². The smallest absolute Gasteiger partial charge is 0.307 e. The molecule has 0 N–H and O–H groups in total. The normalized spacial score (nSPS) is 34.3. The monoisotopic (exact) mass is 465 g/mol. The van der Waals surface area contributed by atoms with Gasteiger partial charge in [-0.3, -0.25) is 9.69 Å². The quantitative estimate of drug-likeness (QED) is 0.316. The first kappa shape index (κ1) is 24.4. The van der Waals surface area contributed by atoms with Crippen LogP contribution in [0.2, 0.25) is 18.1 Å². The molecule has 0 radical (unpaired) electrons. The Kier molecular flexibility index (Phi) is 6.47. The van der Waals surface area contributed by atoms with E-state index in [0.717, 1.165) is 32.4 Å². The molecule has 4 atom stereocenters. The topological polar surface area (TPSA) is 57.2 Å². The molecule has 2 aliphatic heterocycles. The van der Waals surface area contributed by atoms with Crippen molar-refractivity contribution >= 4 is 14.3 Å². The van der Waals surface area contributed by atoms with Gasteiger partial charge in [-0.05, 0) is 49.2 Å². The van der Waals surface area contributed by atoms with E-state index in [4.69, 9.17) is 18.6 Å². The number of esters is 1. The minimum Gasteiger partial charge on any atom is -0.466 e. The van der Waals surface area contributed by atoms with Gasteiger partial charge in [0.15, 0.2) is 14.1 Å². The first-order valence-electron chi connectivity index (χ1n) is 12.4. The predicted octanol–water partition coefficient (Wildman–Crippen LogP) is 4.36. The number of hydrogen-bond donors (Lipinski definition) is 0. The van der Waals surface area contributed by atoms with Gasteiger partial charge in [-0.2, -0.15) is 0 Å². The second-order valence-corrected chi connectivity index (χ2v) is 16.7. The van der Waals surface area contributed by atoms with Crippen LogP contribution in [-0.4, -0.2) is 70.5 Å². The first-order chi connectivity index (χ1) is 14.9. The van der Waals surface area contributed by atoms with Gasteiger partial charge < -0.3 is 18.6 Å². The predicted molar refractivity (Wildman–Crippen MR) is 127 cm³/mol. The third-order valence-electron chi connectivity index (χ3n) is 9.16. The highest BCUT2D eigenvalue weighted by Gasteiger charge is 2.68. The van der Waals surface area contributed by atoms with Crippen molar-refractivity contribution in [1.82, 2.24) is 4.90 Å². The second-order valence-electron chi connectivity index (χ2n) is 11.9. The largest absolute Gasteiger partial charge is 0.466 e. The van der Waals surface area contributed by atoms with Gasteiger partial charge in [0, 0.05) is 38.1 Å². The molecule has 7 heteroatoms. The summed E-state index contributed by atoms with van der Waals surface area (Å²) in [4.78, 5) is 15.2. The van der Waals surface area contributed by atoms with Crippen LogP contribution in [0, 0.1) is 17.3 Å². The van der Waals surface area contributed by atoms with Gasteiger partial charge in [0.1, 0.15) is 0 Å². The minimum absolute atomic E-state index is 0.0616. The fraction of sp³-hybridized carbons (Fsp3) is 0.880. The zero-order chi connectivity index (χ0) is 23.4. The van der Waals surface area contributed by atoms with Gasteiger partial charge in [0.25, 0.3) is 0 Å². The van der Waals surface area contributed by atoms with E-state index in [1.165, 1.54) is 5.57 Å². The summed E-state index contributed by atoms with van der Waals surface area (Å²) in [6, 6.07) is 0.162. The lowest BCUT2D eigenvalue weighted by atomic mass is 9.63. The number of nitrogens with zero attached hydrogens (tertiary/aromatic N) is 1. The molecule has 2 aliphatic carbocycles. The molecule has 4 rings (SSSR count). The second kappa shape index (κ2) is 8.49. The van der Waals surface area contributed by atoms with E-state index in [1.54, 1.807) is 0 Å². The van der Waals surface area contributed by atoms with Gasteiger partial charge in [0.05, 0.1) is 26.2 Å². The van der Waals surface area contributed by atoms with Crippen LogP contribution in [0.5, 0.6) is 0 Å². The van der Waals surface area contributed by atoms with Crippen LogP contribution in [0.25, 0.3) is 0 Å². The molecular formula is C25H43NO5Si. The van der Waals surface area contributed by atoms with Crippen molar-refractivity contribution in [1.29, 1.82) is 0 Å². The average Bonchev–Trinajstić information content (AvgIpc) is 3.34. The molecule has 6 nitrogen and oxygen atoms in total. The molecule has 0 aromatic carbocycles. The standard InChI is InChI=1S/C25H43NO5Si/c1-8-28-22(27)13-21-24-14-18(2)20(16-24)25(29-11-12-30-25)15-19(24)17-26(21)9-10-31-32(6,7)23(3,4)5/h19-21H,2,8-17H2,1,3-7H3. The molecule has 2 saturated heterocycles. The molecule has 0 aromatic heterocycles. The van der Waals surface area contributed by atoms with Crippen molar-refractivity contribution < 1.29 is 23.4 Å². The summed E-state index contributed by atoms with van der Waals surface area (Å²) in [6.45, 7) is 22.0. The van der Waals surface area contributed by atoms with Gasteiger partial charge in [-0.25, -0.2) is 0 Å². The summed E-state index contributed by atoms with van der Waals surface area (Å²) in [7, 11) is -1.81. The Morgan fingerprint density at radius 1 is 1.25 bits per heavy atom. The average molecular weight is 466 g/mol. The Hall–Kier alpha value is -0.733. The number of hydrogen-bond acceptors (Lipinski definition) is 6. The molecule has 4 unspecified atom stereocenters. The Morgan fingerprint density at radius 2 is 1.94 bits per heavy atom. The Bertz CT molecular complexity index is 741. The first-order valence-corrected chi connectivity index (χ1v) is 15.3. The van der Waals surface area contributed by atoms with E-state index in [-0.39, 0.29) is 28.4 Å². The lowest BCUT2D eigenvalue weighted by Gasteiger charge is -2.46. The van der Waals surface area contributed by atoms with Crippen molar-refractivity contribution in [2.45, 2.75) is 83.3 Å². The minimum atomic E-state index is -1.81. The van der Waals surface area contributed by atoms with Gasteiger partial charge >= 0.3 is 5.97 Å². The SMILES string of the molecule is C=C1CC23CC1C1(CC2CN(CCO[Si](C)(C)C(C)(C)C)C3CC(=O)OCC)OCCO1. The van der Waals surface area contributed by atoms with E-state index in [2.05, 4.69) is 45.3 Å². The lowest BCUT2D eigenvalue weighted by Crippen LogP contribution is -2.50. The maximum atomic E-state index is 12.6. The van der Waals surface area contributed by atoms with Crippen LogP contribution < -0.4 is 0 Å². The number of carbonyl (C=O) groups is 1. The van der Waals surface area contributed by atoms with Crippen LogP contribution in [-0.2, 0) is 23.4 Å². The Labute approximate surface area is 195 Å². The third-order valence-corrected chi connectivity index (χ3v) is 13.7. The molecule has 4 fully saturated rings. The van der Waals surface area contributed by atoms with Crippen LogP contribution in [0.15, 0.2) is 12.2 Å². The van der Waals surface area contributed by atoms with Crippen LogP contribution >= 0.6 is 0 Å². The summed E-state index contributed by atoms with van der Waals surface area (Å²) in [5.41, 5.74) is 1.30. The van der Waals surface area contributed by atoms with E-state index < -0.39 is 14.1 Å². The number of carbonyl (C=O) groups excluding carboxylic acids is 1. The molecule has 4 aliphatic rings. The molecule has 2 heterocycles. The summed E-state index contributed by atoms with van der Waals surface area (Å²) >= 11 is 0. The summed E-state index contributed by atoms with van der Waals surface area (Å²) in [6.07, 6.45) is 3.30. The highest BCUT2D eigenvalue weighted by atomic mass is 28.4. The van der Waals surface area contributed by atoms with Gasteiger partial charge in [-0.15, -0.1) is 0 Å². The molecule has 2 spiro atoms. The van der Waals surface area contributed by atoms with Crippen LogP contribution in [0.3, 0.4) is 0 Å². The number of fused-ring (bicyclic) bond motifs is 2. The zero-order valence-electron chi connectivity index (χ0n) is 21.0. The maximum Gasteiger partial charge on any atom is 0.307 e. The van der Waals surface area contributed by atoms with E-state index in [9.17, 15) is 4.79 Å². The molecule has 2 saturated carbocycles. The molecule has 0 aromatic rings. The van der Waals surface area contributed by atoms with Crippen LogP contribution in [0.1, 0.15) is 53.4 Å².